The fourth-order valence-corrected chi connectivity index (χ4v) is 3.11. The van der Waals surface area contributed by atoms with E-state index in [0.29, 0.717) is 16.1 Å². The molecule has 6 nitrogen and oxygen atoms in total. The highest BCUT2D eigenvalue weighted by Gasteiger charge is 2.18. The largest absolute Gasteiger partial charge is 0.452 e. The van der Waals surface area contributed by atoms with E-state index in [1.165, 1.54) is 11.3 Å². The first-order valence-electron chi connectivity index (χ1n) is 7.09. The summed E-state index contributed by atoms with van der Waals surface area (Å²) in [5.41, 5.74) is 2.64. The van der Waals surface area contributed by atoms with Crippen molar-refractivity contribution < 1.29 is 14.3 Å². The number of hydrogen-bond acceptors (Lipinski definition) is 5. The Bertz CT molecular complexity index is 783. The second-order valence-electron chi connectivity index (χ2n) is 4.93. The van der Waals surface area contributed by atoms with Gasteiger partial charge in [0.05, 0.1) is 11.1 Å². The van der Waals surface area contributed by atoms with Gasteiger partial charge in [-0.15, -0.1) is 11.3 Å². The van der Waals surface area contributed by atoms with Gasteiger partial charge in [0, 0.05) is 17.9 Å². The first-order chi connectivity index (χ1) is 11.0. The molecule has 2 rings (SSSR count). The Labute approximate surface area is 138 Å². The number of nitrogens with one attached hydrogen (secondary N) is 1. The van der Waals surface area contributed by atoms with Crippen molar-refractivity contribution >= 4 is 28.2 Å². The van der Waals surface area contributed by atoms with Gasteiger partial charge in [-0.05, 0) is 38.3 Å². The van der Waals surface area contributed by atoms with E-state index in [1.807, 2.05) is 31.4 Å². The van der Waals surface area contributed by atoms with E-state index < -0.39 is 18.5 Å². The van der Waals surface area contributed by atoms with Crippen LogP contribution in [0.2, 0.25) is 0 Å². The van der Waals surface area contributed by atoms with Crippen molar-refractivity contribution in [3.05, 3.63) is 40.0 Å². The number of rotatable bonds is 5. The van der Waals surface area contributed by atoms with Gasteiger partial charge in [-0.25, -0.2) is 4.79 Å². The van der Waals surface area contributed by atoms with Gasteiger partial charge in [0.15, 0.2) is 6.61 Å². The lowest BCUT2D eigenvalue weighted by molar-refractivity contribution is -0.119. The summed E-state index contributed by atoms with van der Waals surface area (Å²) in [6, 6.07) is 5.35. The summed E-state index contributed by atoms with van der Waals surface area (Å²) in [4.78, 5) is 23.9. The number of anilines is 1. The van der Waals surface area contributed by atoms with E-state index in [1.54, 1.807) is 17.5 Å². The van der Waals surface area contributed by atoms with Crippen LogP contribution >= 0.6 is 11.3 Å². The molecule has 2 aromatic heterocycles. The molecular weight excluding hydrogens is 314 g/mol. The number of esters is 1. The van der Waals surface area contributed by atoms with Crippen molar-refractivity contribution in [3.8, 4) is 6.07 Å². The van der Waals surface area contributed by atoms with Crippen LogP contribution in [0.25, 0.3) is 0 Å². The van der Waals surface area contributed by atoms with Crippen molar-refractivity contribution in [2.45, 2.75) is 27.3 Å². The monoisotopic (exact) mass is 331 g/mol. The lowest BCUT2D eigenvalue weighted by Gasteiger charge is -2.07. The molecule has 0 aliphatic carbocycles. The number of aromatic nitrogens is 1. The molecule has 2 heterocycles. The van der Waals surface area contributed by atoms with Crippen LogP contribution in [-0.2, 0) is 16.1 Å². The van der Waals surface area contributed by atoms with Gasteiger partial charge < -0.3 is 14.6 Å². The molecule has 0 unspecified atom stereocenters. The maximum Gasteiger partial charge on any atom is 0.340 e. The summed E-state index contributed by atoms with van der Waals surface area (Å²) < 4.78 is 7.06. The number of thiophene rings is 1. The Balaban J connectivity index is 1.97. The molecule has 1 amide bonds. The summed E-state index contributed by atoms with van der Waals surface area (Å²) in [5.74, 6) is -0.999. The number of hydrogen-bond donors (Lipinski definition) is 1. The van der Waals surface area contributed by atoms with Crippen molar-refractivity contribution in [1.82, 2.24) is 4.57 Å². The lowest BCUT2D eigenvalue weighted by Crippen LogP contribution is -2.21. The zero-order valence-corrected chi connectivity index (χ0v) is 14.0. The summed E-state index contributed by atoms with van der Waals surface area (Å²) in [5, 5.41) is 13.6. The zero-order chi connectivity index (χ0) is 17.0. The predicted molar refractivity (Wildman–Crippen MR) is 87.5 cm³/mol. The van der Waals surface area contributed by atoms with Crippen molar-refractivity contribution in [2.75, 3.05) is 11.9 Å². The molecule has 0 atom stereocenters. The number of nitriles is 1. The van der Waals surface area contributed by atoms with Gasteiger partial charge in [0.2, 0.25) is 0 Å². The molecule has 0 saturated heterocycles. The zero-order valence-electron chi connectivity index (χ0n) is 13.2. The minimum Gasteiger partial charge on any atom is -0.452 e. The van der Waals surface area contributed by atoms with Crippen LogP contribution < -0.4 is 5.32 Å². The molecule has 0 spiro atoms. The van der Waals surface area contributed by atoms with Gasteiger partial charge in [-0.1, -0.05) is 0 Å². The number of carbonyl (C=O) groups is 2. The molecule has 23 heavy (non-hydrogen) atoms. The Morgan fingerprint density at radius 1 is 1.43 bits per heavy atom. The second kappa shape index (κ2) is 7.11. The molecule has 7 heteroatoms. The molecule has 0 saturated carbocycles. The maximum atomic E-state index is 12.1. The summed E-state index contributed by atoms with van der Waals surface area (Å²) in [6.45, 7) is 6.13. The van der Waals surface area contributed by atoms with E-state index in [9.17, 15) is 9.59 Å². The fourth-order valence-electron chi connectivity index (χ4n) is 2.36. The average Bonchev–Trinajstić information content (AvgIpc) is 3.08. The third kappa shape index (κ3) is 3.60. The smallest absolute Gasteiger partial charge is 0.340 e. The molecule has 0 fully saturated rings. The SMILES string of the molecule is CCn1c(C)cc(C(=O)OCC(=O)Nc2sccc2C#N)c1C. The molecule has 0 bridgehead atoms. The van der Waals surface area contributed by atoms with E-state index in [2.05, 4.69) is 5.32 Å². The Morgan fingerprint density at radius 2 is 2.17 bits per heavy atom. The fraction of sp³-hybridized carbons (Fsp3) is 0.312. The maximum absolute atomic E-state index is 12.1. The van der Waals surface area contributed by atoms with Crippen LogP contribution in [0.1, 0.15) is 34.2 Å². The molecular formula is C16H17N3O3S. The highest BCUT2D eigenvalue weighted by Crippen LogP contribution is 2.22. The van der Waals surface area contributed by atoms with Crippen LogP contribution in [0, 0.1) is 25.2 Å². The van der Waals surface area contributed by atoms with E-state index in [4.69, 9.17) is 10.00 Å². The summed E-state index contributed by atoms with van der Waals surface area (Å²) in [6.07, 6.45) is 0. The van der Waals surface area contributed by atoms with Gasteiger partial charge in [-0.2, -0.15) is 5.26 Å². The molecule has 0 aromatic carbocycles. The lowest BCUT2D eigenvalue weighted by atomic mass is 10.2. The molecule has 0 aliphatic rings. The predicted octanol–water partition coefficient (Wildman–Crippen LogP) is 2.85. The minimum absolute atomic E-state index is 0.390. The first kappa shape index (κ1) is 16.8. The van der Waals surface area contributed by atoms with Gasteiger partial charge in [0.1, 0.15) is 11.1 Å². The Hall–Kier alpha value is -2.59. The number of carbonyl (C=O) groups excluding carboxylic acids is 2. The molecule has 120 valence electrons. The number of nitrogens with zero attached hydrogens (tertiary/aromatic N) is 2. The number of aryl methyl sites for hydroxylation is 1. The third-order valence-corrected chi connectivity index (χ3v) is 4.31. The van der Waals surface area contributed by atoms with Gasteiger partial charge in [0.25, 0.3) is 5.91 Å². The molecule has 1 N–H and O–H groups in total. The van der Waals surface area contributed by atoms with Crippen LogP contribution in [0.5, 0.6) is 0 Å². The standard InChI is InChI=1S/C16H17N3O3S/c1-4-19-10(2)7-13(11(19)3)16(21)22-9-14(20)18-15-12(8-17)5-6-23-15/h5-7H,4,9H2,1-3H3,(H,18,20). The highest BCUT2D eigenvalue weighted by molar-refractivity contribution is 7.14. The molecule has 2 aromatic rings. The highest BCUT2D eigenvalue weighted by atomic mass is 32.1. The van der Waals surface area contributed by atoms with Crippen molar-refractivity contribution in [1.29, 1.82) is 5.26 Å². The third-order valence-electron chi connectivity index (χ3n) is 3.48. The quantitative estimate of drug-likeness (QED) is 0.854. The second-order valence-corrected chi connectivity index (χ2v) is 5.84. The van der Waals surface area contributed by atoms with Crippen LogP contribution in [0.4, 0.5) is 5.00 Å². The normalized spacial score (nSPS) is 10.2. The van der Waals surface area contributed by atoms with E-state index >= 15 is 0 Å². The number of amides is 1. The van der Waals surface area contributed by atoms with Crippen LogP contribution in [0.3, 0.4) is 0 Å². The van der Waals surface area contributed by atoms with Crippen molar-refractivity contribution in [2.24, 2.45) is 0 Å². The average molecular weight is 331 g/mol. The van der Waals surface area contributed by atoms with Crippen LogP contribution in [-0.4, -0.2) is 23.1 Å². The molecule has 0 aliphatic heterocycles. The van der Waals surface area contributed by atoms with E-state index in [-0.39, 0.29) is 0 Å². The Morgan fingerprint density at radius 3 is 2.78 bits per heavy atom. The molecule has 0 radical (unpaired) electrons. The van der Waals surface area contributed by atoms with E-state index in [0.717, 1.165) is 17.9 Å². The first-order valence-corrected chi connectivity index (χ1v) is 7.97. The van der Waals surface area contributed by atoms with Crippen molar-refractivity contribution in [3.63, 3.8) is 0 Å². The summed E-state index contributed by atoms with van der Waals surface area (Å²) in [7, 11) is 0. The summed E-state index contributed by atoms with van der Waals surface area (Å²) >= 11 is 1.25. The van der Waals surface area contributed by atoms with Gasteiger partial charge in [-0.3, -0.25) is 4.79 Å². The topological polar surface area (TPSA) is 84.1 Å². The minimum atomic E-state index is -0.528. The number of ether oxygens (including phenoxy) is 1. The van der Waals surface area contributed by atoms with Crippen LogP contribution in [0.15, 0.2) is 17.5 Å². The Kier molecular flexibility index (Phi) is 5.19. The van der Waals surface area contributed by atoms with Gasteiger partial charge >= 0.3 is 5.97 Å².